The second-order valence-electron chi connectivity index (χ2n) is 6.29. The molecular formula is C19H18FN5O2. The predicted octanol–water partition coefficient (Wildman–Crippen LogP) is 2.80. The molecule has 27 heavy (non-hydrogen) atoms. The van der Waals surface area contributed by atoms with Crippen LogP contribution in [-0.2, 0) is 6.54 Å². The van der Waals surface area contributed by atoms with E-state index < -0.39 is 5.91 Å². The molecule has 3 aromatic rings. The maximum absolute atomic E-state index is 13.6. The topological polar surface area (TPSA) is 84.2 Å². The molecule has 1 aliphatic rings. The van der Waals surface area contributed by atoms with Crippen molar-refractivity contribution in [1.29, 1.82) is 0 Å². The van der Waals surface area contributed by atoms with Gasteiger partial charge in [0.05, 0.1) is 0 Å². The zero-order valence-electron chi connectivity index (χ0n) is 14.6. The van der Waals surface area contributed by atoms with Crippen LogP contribution in [-0.4, -0.2) is 34.1 Å². The molecule has 1 aliphatic heterocycles. The third-order valence-electron chi connectivity index (χ3n) is 4.45. The molecule has 1 fully saturated rings. The van der Waals surface area contributed by atoms with Gasteiger partial charge in [-0.05, 0) is 31.0 Å². The maximum Gasteiger partial charge on any atom is 0.316 e. The standard InChI is InChI=1S/C19H18FN5O2/c20-15-6-2-1-5-14(15)12-22-18(26)19-23-17(24-27-19)13-7-8-21-16(11-13)25-9-3-4-10-25/h1-2,5-8,11H,3-4,9-10,12H2,(H,22,26). The Bertz CT molecular complexity index is 953. The van der Waals surface area contributed by atoms with E-state index >= 15 is 0 Å². The number of aromatic nitrogens is 3. The van der Waals surface area contributed by atoms with Crippen LogP contribution in [0.15, 0.2) is 47.1 Å². The summed E-state index contributed by atoms with van der Waals surface area (Å²) in [4.78, 5) is 22.9. The average molecular weight is 367 g/mol. The summed E-state index contributed by atoms with van der Waals surface area (Å²) in [5.74, 6) is 0.0798. The Labute approximate surface area is 155 Å². The van der Waals surface area contributed by atoms with Crippen molar-refractivity contribution in [2.45, 2.75) is 19.4 Å². The van der Waals surface area contributed by atoms with E-state index in [-0.39, 0.29) is 18.3 Å². The maximum atomic E-state index is 13.6. The minimum atomic E-state index is -0.550. The Balaban J connectivity index is 1.46. The molecule has 0 atom stereocenters. The zero-order valence-corrected chi connectivity index (χ0v) is 14.6. The number of rotatable bonds is 5. The van der Waals surface area contributed by atoms with E-state index in [1.807, 2.05) is 6.07 Å². The molecule has 0 bridgehead atoms. The number of nitrogens with one attached hydrogen (secondary N) is 1. The number of amides is 1. The normalized spacial score (nSPS) is 13.7. The quantitative estimate of drug-likeness (QED) is 0.747. The van der Waals surface area contributed by atoms with Crippen LogP contribution in [0.1, 0.15) is 29.1 Å². The molecule has 1 N–H and O–H groups in total. The lowest BCUT2D eigenvalue weighted by molar-refractivity contribution is 0.0906. The predicted molar refractivity (Wildman–Crippen MR) is 96.5 cm³/mol. The molecule has 7 nitrogen and oxygen atoms in total. The van der Waals surface area contributed by atoms with Crippen molar-refractivity contribution in [2.75, 3.05) is 18.0 Å². The van der Waals surface area contributed by atoms with Crippen LogP contribution in [0.5, 0.6) is 0 Å². The molecule has 138 valence electrons. The third kappa shape index (κ3) is 3.79. The lowest BCUT2D eigenvalue weighted by atomic mass is 10.2. The van der Waals surface area contributed by atoms with E-state index in [4.69, 9.17) is 4.52 Å². The molecule has 0 unspecified atom stereocenters. The van der Waals surface area contributed by atoms with Gasteiger partial charge in [0.1, 0.15) is 11.6 Å². The molecule has 2 aromatic heterocycles. The third-order valence-corrected chi connectivity index (χ3v) is 4.45. The lowest BCUT2D eigenvalue weighted by Crippen LogP contribution is -2.23. The Morgan fingerprint density at radius 2 is 2.04 bits per heavy atom. The molecule has 1 aromatic carbocycles. The first-order valence-corrected chi connectivity index (χ1v) is 8.77. The van der Waals surface area contributed by atoms with Crippen molar-refractivity contribution >= 4 is 11.7 Å². The van der Waals surface area contributed by atoms with Gasteiger partial charge in [0.15, 0.2) is 0 Å². The minimum absolute atomic E-state index is 0.0393. The summed E-state index contributed by atoms with van der Waals surface area (Å²) in [6, 6.07) is 9.90. The minimum Gasteiger partial charge on any atom is -0.357 e. The van der Waals surface area contributed by atoms with Crippen LogP contribution in [0.3, 0.4) is 0 Å². The number of hydrogen-bond acceptors (Lipinski definition) is 6. The molecule has 8 heteroatoms. The molecule has 3 heterocycles. The summed E-state index contributed by atoms with van der Waals surface area (Å²) < 4.78 is 18.7. The van der Waals surface area contributed by atoms with Crippen molar-refractivity contribution in [3.8, 4) is 11.4 Å². The van der Waals surface area contributed by atoms with Gasteiger partial charge >= 0.3 is 11.8 Å². The van der Waals surface area contributed by atoms with E-state index in [2.05, 4.69) is 25.3 Å². The van der Waals surface area contributed by atoms with E-state index in [0.29, 0.717) is 11.4 Å². The fraction of sp³-hybridized carbons (Fsp3) is 0.263. The number of benzene rings is 1. The van der Waals surface area contributed by atoms with E-state index in [1.165, 1.54) is 6.07 Å². The van der Waals surface area contributed by atoms with Crippen LogP contribution < -0.4 is 10.2 Å². The van der Waals surface area contributed by atoms with Crippen molar-refractivity contribution in [1.82, 2.24) is 20.4 Å². The number of carbonyl (C=O) groups excluding carboxylic acids is 1. The monoisotopic (exact) mass is 367 g/mol. The van der Waals surface area contributed by atoms with E-state index in [1.54, 1.807) is 30.5 Å². The van der Waals surface area contributed by atoms with Crippen LogP contribution in [0, 0.1) is 5.82 Å². The fourth-order valence-corrected chi connectivity index (χ4v) is 3.00. The van der Waals surface area contributed by atoms with Gasteiger partial charge < -0.3 is 14.7 Å². The zero-order chi connectivity index (χ0) is 18.6. The molecule has 1 saturated heterocycles. The largest absolute Gasteiger partial charge is 0.357 e. The van der Waals surface area contributed by atoms with Crippen LogP contribution in [0.25, 0.3) is 11.4 Å². The number of carbonyl (C=O) groups is 1. The van der Waals surface area contributed by atoms with Gasteiger partial charge in [-0.25, -0.2) is 9.37 Å². The molecule has 0 saturated carbocycles. The van der Waals surface area contributed by atoms with Gasteiger partial charge in [0.2, 0.25) is 5.82 Å². The van der Waals surface area contributed by atoms with Gasteiger partial charge in [-0.2, -0.15) is 4.98 Å². The molecule has 0 aliphatic carbocycles. The summed E-state index contributed by atoms with van der Waals surface area (Å²) >= 11 is 0. The fourth-order valence-electron chi connectivity index (χ4n) is 3.00. The van der Waals surface area contributed by atoms with Gasteiger partial charge in [0, 0.05) is 37.0 Å². The summed E-state index contributed by atoms with van der Waals surface area (Å²) in [6.07, 6.45) is 4.00. The molecule has 1 amide bonds. The van der Waals surface area contributed by atoms with E-state index in [0.717, 1.165) is 37.3 Å². The Hall–Kier alpha value is -3.29. The Morgan fingerprint density at radius 3 is 2.85 bits per heavy atom. The van der Waals surface area contributed by atoms with Crippen LogP contribution in [0.4, 0.5) is 10.2 Å². The number of halogens is 1. The van der Waals surface area contributed by atoms with Gasteiger partial charge in [0.25, 0.3) is 0 Å². The smallest absolute Gasteiger partial charge is 0.316 e. The molecule has 0 radical (unpaired) electrons. The highest BCUT2D eigenvalue weighted by molar-refractivity contribution is 5.89. The Morgan fingerprint density at radius 1 is 1.22 bits per heavy atom. The molecular weight excluding hydrogens is 349 g/mol. The second-order valence-corrected chi connectivity index (χ2v) is 6.29. The summed E-state index contributed by atoms with van der Waals surface area (Å²) in [6.45, 7) is 2.00. The number of nitrogens with zero attached hydrogens (tertiary/aromatic N) is 4. The first-order valence-electron chi connectivity index (χ1n) is 8.77. The highest BCUT2D eigenvalue weighted by atomic mass is 19.1. The highest BCUT2D eigenvalue weighted by Crippen LogP contribution is 2.23. The van der Waals surface area contributed by atoms with E-state index in [9.17, 15) is 9.18 Å². The number of hydrogen-bond donors (Lipinski definition) is 1. The van der Waals surface area contributed by atoms with Crippen molar-refractivity contribution < 1.29 is 13.7 Å². The van der Waals surface area contributed by atoms with Gasteiger partial charge in [-0.1, -0.05) is 23.4 Å². The number of pyridine rings is 1. The number of anilines is 1. The molecule has 4 rings (SSSR count). The van der Waals surface area contributed by atoms with Crippen molar-refractivity contribution in [2.24, 2.45) is 0 Å². The summed E-state index contributed by atoms with van der Waals surface area (Å²) in [5, 5.41) is 6.46. The van der Waals surface area contributed by atoms with Crippen LogP contribution in [0.2, 0.25) is 0 Å². The van der Waals surface area contributed by atoms with Gasteiger partial charge in [-0.15, -0.1) is 0 Å². The first-order chi connectivity index (χ1) is 13.2. The SMILES string of the molecule is O=C(NCc1ccccc1F)c1nc(-c2ccnc(N3CCCC3)c2)no1. The lowest BCUT2D eigenvalue weighted by Gasteiger charge is -2.16. The van der Waals surface area contributed by atoms with Gasteiger partial charge in [-0.3, -0.25) is 4.79 Å². The molecule has 0 spiro atoms. The van der Waals surface area contributed by atoms with Crippen LogP contribution >= 0.6 is 0 Å². The summed E-state index contributed by atoms with van der Waals surface area (Å²) in [7, 11) is 0. The highest BCUT2D eigenvalue weighted by Gasteiger charge is 2.18. The summed E-state index contributed by atoms with van der Waals surface area (Å²) in [5.41, 5.74) is 1.11. The second kappa shape index (κ2) is 7.53. The first kappa shape index (κ1) is 17.1. The van der Waals surface area contributed by atoms with Crippen molar-refractivity contribution in [3.05, 3.63) is 59.9 Å². The average Bonchev–Trinajstić information content (AvgIpc) is 3.39. The Kier molecular flexibility index (Phi) is 4.78. The van der Waals surface area contributed by atoms with Crippen molar-refractivity contribution in [3.63, 3.8) is 0 Å².